The minimum atomic E-state index is -1.17. The molecule has 3 heterocycles. The number of anilines is 1. The summed E-state index contributed by atoms with van der Waals surface area (Å²) in [5, 5.41) is 16.3. The Labute approximate surface area is 145 Å². The van der Waals surface area contributed by atoms with Crippen LogP contribution in [0.3, 0.4) is 0 Å². The van der Waals surface area contributed by atoms with Gasteiger partial charge in [0, 0.05) is 4.88 Å². The summed E-state index contributed by atoms with van der Waals surface area (Å²) in [6.45, 7) is 1.83. The molecule has 8 heteroatoms. The van der Waals surface area contributed by atoms with Crippen LogP contribution in [0.4, 0.5) is 5.82 Å². The fraction of sp³-hybridized carbons (Fsp3) is 0.250. The lowest BCUT2D eigenvalue weighted by molar-refractivity contribution is -0.254. The summed E-state index contributed by atoms with van der Waals surface area (Å²) in [6, 6.07) is 3.26. The van der Waals surface area contributed by atoms with E-state index in [-0.39, 0.29) is 4.88 Å². The van der Waals surface area contributed by atoms with E-state index in [9.17, 15) is 9.90 Å². The van der Waals surface area contributed by atoms with Crippen LogP contribution in [0.25, 0.3) is 10.2 Å². The smallest absolute Gasteiger partial charge is 0.158 e. The molecule has 0 radical (unpaired) electrons. The topological polar surface area (TPSA) is 90.3 Å². The summed E-state index contributed by atoms with van der Waals surface area (Å²) in [5.41, 5.74) is 5.06. The lowest BCUT2D eigenvalue weighted by Crippen LogP contribution is -2.20. The Morgan fingerprint density at radius 1 is 1.25 bits per heavy atom. The summed E-state index contributed by atoms with van der Waals surface area (Å²) in [5.74, 6) is -0.464. The number of aryl methyl sites for hydroxylation is 2. The highest BCUT2D eigenvalue weighted by Crippen LogP contribution is 2.39. The van der Waals surface area contributed by atoms with E-state index in [2.05, 4.69) is 20.5 Å². The number of hydrogen-bond donors (Lipinski definition) is 1. The fourth-order valence-electron chi connectivity index (χ4n) is 2.85. The maximum atomic E-state index is 10.9. The predicted octanol–water partition coefficient (Wildman–Crippen LogP) is 2.44. The van der Waals surface area contributed by atoms with Crippen molar-refractivity contribution in [3.8, 4) is 0 Å². The monoisotopic (exact) mass is 357 g/mol. The van der Waals surface area contributed by atoms with Gasteiger partial charge in [-0.05, 0) is 43.9 Å². The lowest BCUT2D eigenvalue weighted by atomic mass is 10.2. The predicted molar refractivity (Wildman–Crippen MR) is 93.9 cm³/mol. The van der Waals surface area contributed by atoms with E-state index in [1.165, 1.54) is 22.9 Å². The molecule has 3 aromatic heterocycles. The number of nitrogens with one attached hydrogen (secondary N) is 1. The molecule has 1 N–H and O–H groups in total. The van der Waals surface area contributed by atoms with Crippen molar-refractivity contribution < 1.29 is 9.90 Å². The van der Waals surface area contributed by atoms with Crippen LogP contribution in [0.5, 0.6) is 0 Å². The van der Waals surface area contributed by atoms with Crippen LogP contribution in [-0.2, 0) is 12.8 Å². The molecule has 0 aliphatic heterocycles. The summed E-state index contributed by atoms with van der Waals surface area (Å²) in [6.07, 6.45) is 4.88. The summed E-state index contributed by atoms with van der Waals surface area (Å²) >= 11 is 2.87. The number of carboxylic acid groups (broad SMARTS) is 1. The van der Waals surface area contributed by atoms with Crippen molar-refractivity contribution in [1.82, 2.24) is 9.97 Å². The van der Waals surface area contributed by atoms with E-state index >= 15 is 0 Å². The second kappa shape index (κ2) is 5.95. The molecule has 0 saturated heterocycles. The second-order valence-corrected chi connectivity index (χ2v) is 7.69. The molecule has 1 aliphatic rings. The van der Waals surface area contributed by atoms with Crippen molar-refractivity contribution in [3.63, 3.8) is 0 Å². The van der Waals surface area contributed by atoms with Gasteiger partial charge in [-0.2, -0.15) is 5.10 Å². The van der Waals surface area contributed by atoms with Gasteiger partial charge < -0.3 is 9.90 Å². The first-order chi connectivity index (χ1) is 11.6. The maximum Gasteiger partial charge on any atom is 0.158 e. The number of rotatable bonds is 4. The molecule has 24 heavy (non-hydrogen) atoms. The molecule has 0 aromatic carbocycles. The molecular weight excluding hydrogens is 344 g/mol. The first-order valence-corrected chi connectivity index (χ1v) is 9.14. The van der Waals surface area contributed by atoms with Crippen LogP contribution in [-0.4, -0.2) is 21.6 Å². The Morgan fingerprint density at radius 3 is 2.88 bits per heavy atom. The molecule has 122 valence electrons. The Balaban J connectivity index is 1.65. The third kappa shape index (κ3) is 2.57. The van der Waals surface area contributed by atoms with E-state index in [1.54, 1.807) is 23.7 Å². The molecule has 1 aliphatic carbocycles. The van der Waals surface area contributed by atoms with Crippen LogP contribution in [0.2, 0.25) is 0 Å². The summed E-state index contributed by atoms with van der Waals surface area (Å²) in [4.78, 5) is 22.9. The first kappa shape index (κ1) is 15.2. The van der Waals surface area contributed by atoms with Crippen LogP contribution < -0.4 is 10.5 Å². The quantitative estimate of drug-likeness (QED) is 0.572. The number of carbonyl (C=O) groups is 1. The first-order valence-electron chi connectivity index (χ1n) is 7.50. The van der Waals surface area contributed by atoms with Crippen LogP contribution in [0.1, 0.15) is 38.3 Å². The van der Waals surface area contributed by atoms with Gasteiger partial charge in [0.05, 0.1) is 26.8 Å². The Morgan fingerprint density at radius 2 is 2.08 bits per heavy atom. The molecule has 0 atom stereocenters. The van der Waals surface area contributed by atoms with Crippen LogP contribution in [0.15, 0.2) is 23.6 Å². The largest absolute Gasteiger partial charge is 0.544 e. The van der Waals surface area contributed by atoms with E-state index in [0.717, 1.165) is 39.3 Å². The van der Waals surface area contributed by atoms with Gasteiger partial charge in [0.2, 0.25) is 0 Å². The zero-order valence-electron chi connectivity index (χ0n) is 12.8. The van der Waals surface area contributed by atoms with Gasteiger partial charge in [0.1, 0.15) is 11.2 Å². The standard InChI is InChI=1S/C16H14N4O2S2/c1-8(10-5-6-12(23-10)16(21)22)19-20-14-13-9-3-2-4-11(9)24-15(13)18-7-17-14/h5-7H,2-4H2,1H3,(H,21,22)(H,17,18,20)/p-1/b19-8-. The SMILES string of the molecule is C/C(=N/Nc1ncnc2sc3c(c12)CCC3)c1ccc(C(=O)[O-])s1. The van der Waals surface area contributed by atoms with Crippen LogP contribution >= 0.6 is 22.7 Å². The molecular formula is C16H13N4O2S2-. The number of fused-ring (bicyclic) bond motifs is 3. The highest BCUT2D eigenvalue weighted by atomic mass is 32.1. The van der Waals surface area contributed by atoms with E-state index < -0.39 is 5.97 Å². The minimum absolute atomic E-state index is 0.194. The van der Waals surface area contributed by atoms with Crippen molar-refractivity contribution in [2.24, 2.45) is 5.10 Å². The van der Waals surface area contributed by atoms with Gasteiger partial charge in [0.15, 0.2) is 5.82 Å². The van der Waals surface area contributed by atoms with Gasteiger partial charge >= 0.3 is 0 Å². The molecule has 0 saturated carbocycles. The van der Waals surface area contributed by atoms with E-state index in [4.69, 9.17) is 0 Å². The molecule has 6 nitrogen and oxygen atoms in total. The Kier molecular flexibility index (Phi) is 3.78. The third-order valence-corrected chi connectivity index (χ3v) is 6.37. The zero-order chi connectivity index (χ0) is 16.7. The molecule has 4 rings (SSSR count). The number of carbonyl (C=O) groups excluding carboxylic acids is 1. The number of thiophene rings is 2. The molecule has 0 fully saturated rings. The normalized spacial score (nSPS) is 14.1. The maximum absolute atomic E-state index is 10.9. The van der Waals surface area contributed by atoms with Crippen molar-refractivity contribution in [3.05, 3.63) is 38.7 Å². The average Bonchev–Trinajstić information content (AvgIpc) is 3.26. The van der Waals surface area contributed by atoms with Gasteiger partial charge in [0.25, 0.3) is 0 Å². The number of nitrogens with zero attached hydrogens (tertiary/aromatic N) is 3. The summed E-state index contributed by atoms with van der Waals surface area (Å²) in [7, 11) is 0. The van der Waals surface area contributed by atoms with E-state index in [1.807, 2.05) is 6.92 Å². The zero-order valence-corrected chi connectivity index (χ0v) is 14.5. The lowest BCUT2D eigenvalue weighted by Gasteiger charge is -2.04. The Bertz CT molecular complexity index is 974. The van der Waals surface area contributed by atoms with Gasteiger partial charge in [-0.25, -0.2) is 9.97 Å². The van der Waals surface area contributed by atoms with Gasteiger partial charge in [-0.15, -0.1) is 22.7 Å². The average molecular weight is 357 g/mol. The van der Waals surface area contributed by atoms with Crippen molar-refractivity contribution in [1.29, 1.82) is 0 Å². The molecule has 0 bridgehead atoms. The third-order valence-electron chi connectivity index (χ3n) is 3.99. The highest BCUT2D eigenvalue weighted by molar-refractivity contribution is 7.19. The van der Waals surface area contributed by atoms with Crippen molar-refractivity contribution in [2.75, 3.05) is 5.43 Å². The minimum Gasteiger partial charge on any atom is -0.544 e. The van der Waals surface area contributed by atoms with Crippen LogP contribution in [0, 0.1) is 0 Å². The van der Waals surface area contributed by atoms with Crippen molar-refractivity contribution >= 4 is 50.4 Å². The Hall–Kier alpha value is -2.32. The fourth-order valence-corrected chi connectivity index (χ4v) is 4.86. The highest BCUT2D eigenvalue weighted by Gasteiger charge is 2.21. The molecule has 0 unspecified atom stereocenters. The second-order valence-electron chi connectivity index (χ2n) is 5.52. The molecule has 0 amide bonds. The molecule has 3 aromatic rings. The number of aromatic nitrogens is 2. The number of hydrogen-bond acceptors (Lipinski definition) is 8. The number of hydrazone groups is 1. The number of carboxylic acids is 1. The number of aromatic carboxylic acids is 1. The van der Waals surface area contributed by atoms with Gasteiger partial charge in [-0.1, -0.05) is 0 Å². The van der Waals surface area contributed by atoms with Crippen molar-refractivity contribution in [2.45, 2.75) is 26.2 Å². The van der Waals surface area contributed by atoms with Gasteiger partial charge in [-0.3, -0.25) is 5.43 Å². The molecule has 0 spiro atoms. The summed E-state index contributed by atoms with van der Waals surface area (Å²) < 4.78 is 0. The van der Waals surface area contributed by atoms with E-state index in [0.29, 0.717) is 11.5 Å².